The van der Waals surface area contributed by atoms with Gasteiger partial charge in [0.15, 0.2) is 5.78 Å². The van der Waals surface area contributed by atoms with Crippen LogP contribution in [0.1, 0.15) is 42.6 Å². The van der Waals surface area contributed by atoms with Gasteiger partial charge in [-0.05, 0) is 34.9 Å². The third kappa shape index (κ3) is 5.68. The summed E-state index contributed by atoms with van der Waals surface area (Å²) in [5.41, 5.74) is 1.69. The number of nitrogens with zero attached hydrogens (tertiary/aromatic N) is 1. The van der Waals surface area contributed by atoms with Crippen molar-refractivity contribution in [1.29, 1.82) is 0 Å². The maximum Gasteiger partial charge on any atom is 0.220 e. The summed E-state index contributed by atoms with van der Waals surface area (Å²) in [5, 5.41) is 2.89. The lowest BCUT2D eigenvalue weighted by Crippen LogP contribution is -2.48. The van der Waals surface area contributed by atoms with Crippen molar-refractivity contribution in [1.82, 2.24) is 10.2 Å². The molecule has 4 heteroatoms. The van der Waals surface area contributed by atoms with Crippen LogP contribution < -0.4 is 5.32 Å². The second-order valence-electron chi connectivity index (χ2n) is 6.27. The van der Waals surface area contributed by atoms with Gasteiger partial charge < -0.3 is 10.2 Å². The van der Waals surface area contributed by atoms with Crippen LogP contribution in [-0.4, -0.2) is 42.8 Å². The molecule has 0 spiro atoms. The molecular formula is C17H26N2O2. The van der Waals surface area contributed by atoms with E-state index < -0.39 is 0 Å². The molecular weight excluding hydrogens is 264 g/mol. The van der Waals surface area contributed by atoms with Gasteiger partial charge in [-0.25, -0.2) is 0 Å². The summed E-state index contributed by atoms with van der Waals surface area (Å²) in [6.45, 7) is 6.67. The number of hydrogen-bond donors (Lipinski definition) is 1. The first kappa shape index (κ1) is 17.4. The van der Waals surface area contributed by atoms with Gasteiger partial charge in [0.1, 0.15) is 0 Å². The fraction of sp³-hybridized carbons (Fsp3) is 0.529. The fourth-order valence-electron chi connectivity index (χ4n) is 1.67. The molecule has 0 aliphatic carbocycles. The average Bonchev–Trinajstić information content (AvgIpc) is 2.43. The van der Waals surface area contributed by atoms with Crippen molar-refractivity contribution < 1.29 is 9.59 Å². The predicted molar refractivity (Wildman–Crippen MR) is 85.5 cm³/mol. The van der Waals surface area contributed by atoms with Crippen molar-refractivity contribution in [2.24, 2.45) is 0 Å². The van der Waals surface area contributed by atoms with Crippen LogP contribution in [0.3, 0.4) is 0 Å². The van der Waals surface area contributed by atoms with E-state index in [2.05, 4.69) is 24.1 Å². The minimum absolute atomic E-state index is 0.0111. The Morgan fingerprint density at radius 2 is 1.67 bits per heavy atom. The van der Waals surface area contributed by atoms with Gasteiger partial charge in [0.05, 0.1) is 0 Å². The van der Waals surface area contributed by atoms with Crippen molar-refractivity contribution in [3.8, 4) is 0 Å². The van der Waals surface area contributed by atoms with Crippen LogP contribution in [0.4, 0.5) is 0 Å². The number of nitrogens with one attached hydrogen (secondary N) is 1. The molecule has 1 N–H and O–H groups in total. The average molecular weight is 290 g/mol. The van der Waals surface area contributed by atoms with Crippen molar-refractivity contribution in [3.05, 3.63) is 35.4 Å². The standard InChI is InChI=1S/C17H26N2O2/c1-13-6-8-14(9-7-13)15(20)10-11-16(21)18-12-17(2,3)19(4)5/h6-9H,10-12H2,1-5H3,(H,18,21). The highest BCUT2D eigenvalue weighted by Crippen LogP contribution is 2.09. The predicted octanol–water partition coefficient (Wildman–Crippen LogP) is 2.41. The van der Waals surface area contributed by atoms with Crippen molar-refractivity contribution >= 4 is 11.7 Å². The van der Waals surface area contributed by atoms with Crippen LogP contribution >= 0.6 is 0 Å². The van der Waals surface area contributed by atoms with Crippen molar-refractivity contribution in [2.45, 2.75) is 39.2 Å². The third-order valence-electron chi connectivity index (χ3n) is 3.88. The Bertz CT molecular complexity index is 490. The summed E-state index contributed by atoms with van der Waals surface area (Å²) in [5.74, 6) is -0.0672. The smallest absolute Gasteiger partial charge is 0.220 e. The number of amides is 1. The number of carbonyl (C=O) groups is 2. The monoisotopic (exact) mass is 290 g/mol. The van der Waals surface area contributed by atoms with Crippen LogP contribution in [0.25, 0.3) is 0 Å². The van der Waals surface area contributed by atoms with Crippen molar-refractivity contribution in [3.63, 3.8) is 0 Å². The molecule has 0 aliphatic heterocycles. The lowest BCUT2D eigenvalue weighted by molar-refractivity contribution is -0.121. The van der Waals surface area contributed by atoms with Gasteiger partial charge in [-0.2, -0.15) is 0 Å². The quantitative estimate of drug-likeness (QED) is 0.785. The molecule has 0 aromatic heterocycles. The van der Waals surface area contributed by atoms with E-state index in [1.165, 1.54) is 0 Å². The molecule has 0 fully saturated rings. The molecule has 1 rings (SSSR count). The Balaban J connectivity index is 2.39. The highest BCUT2D eigenvalue weighted by Gasteiger charge is 2.21. The highest BCUT2D eigenvalue weighted by molar-refractivity contribution is 5.97. The zero-order valence-corrected chi connectivity index (χ0v) is 13.7. The van der Waals surface area contributed by atoms with E-state index in [9.17, 15) is 9.59 Å². The lowest BCUT2D eigenvalue weighted by Gasteiger charge is -2.32. The number of rotatable bonds is 7. The van der Waals surface area contributed by atoms with Gasteiger partial charge in [0.2, 0.25) is 5.91 Å². The molecule has 0 atom stereocenters. The zero-order chi connectivity index (χ0) is 16.0. The van der Waals surface area contributed by atoms with Gasteiger partial charge in [0, 0.05) is 30.5 Å². The van der Waals surface area contributed by atoms with Crippen LogP contribution in [0.5, 0.6) is 0 Å². The first-order valence-corrected chi connectivity index (χ1v) is 7.26. The summed E-state index contributed by atoms with van der Waals surface area (Å²) >= 11 is 0. The topological polar surface area (TPSA) is 49.4 Å². The maximum atomic E-state index is 12.0. The van der Waals surface area contributed by atoms with Crippen LogP contribution in [0.2, 0.25) is 0 Å². The van der Waals surface area contributed by atoms with E-state index in [-0.39, 0.29) is 30.1 Å². The molecule has 116 valence electrons. The first-order chi connectivity index (χ1) is 9.72. The van der Waals surface area contributed by atoms with Gasteiger partial charge in [0.25, 0.3) is 0 Å². The Hall–Kier alpha value is -1.68. The molecule has 1 aromatic rings. The van der Waals surface area contributed by atoms with Crippen LogP contribution in [0, 0.1) is 6.92 Å². The SMILES string of the molecule is Cc1ccc(C(=O)CCC(=O)NCC(C)(C)N(C)C)cc1. The minimum Gasteiger partial charge on any atom is -0.354 e. The molecule has 4 nitrogen and oxygen atoms in total. The molecule has 1 amide bonds. The highest BCUT2D eigenvalue weighted by atomic mass is 16.2. The van der Waals surface area contributed by atoms with Gasteiger partial charge in [-0.3, -0.25) is 9.59 Å². The Morgan fingerprint density at radius 3 is 2.19 bits per heavy atom. The largest absolute Gasteiger partial charge is 0.354 e. The Labute approximate surface area is 127 Å². The van der Waals surface area contributed by atoms with E-state index in [0.717, 1.165) is 5.56 Å². The maximum absolute atomic E-state index is 12.0. The van der Waals surface area contributed by atoms with Gasteiger partial charge in [-0.15, -0.1) is 0 Å². The number of aryl methyl sites for hydroxylation is 1. The third-order valence-corrected chi connectivity index (χ3v) is 3.88. The summed E-state index contributed by atoms with van der Waals surface area (Å²) in [6.07, 6.45) is 0.480. The van der Waals surface area contributed by atoms with Gasteiger partial charge in [-0.1, -0.05) is 29.8 Å². The lowest BCUT2D eigenvalue weighted by atomic mass is 10.0. The molecule has 21 heavy (non-hydrogen) atoms. The fourth-order valence-corrected chi connectivity index (χ4v) is 1.67. The van der Waals surface area contributed by atoms with Crippen LogP contribution in [-0.2, 0) is 4.79 Å². The molecule has 0 unspecified atom stereocenters. The number of Topliss-reactive ketones (excluding diaryl/α,β-unsaturated/α-hetero) is 1. The molecule has 0 aliphatic rings. The second-order valence-corrected chi connectivity index (χ2v) is 6.27. The summed E-state index contributed by atoms with van der Waals surface area (Å²) in [4.78, 5) is 25.9. The molecule has 0 bridgehead atoms. The van der Waals surface area contributed by atoms with E-state index in [1.54, 1.807) is 0 Å². The van der Waals surface area contributed by atoms with Gasteiger partial charge >= 0.3 is 0 Å². The van der Waals surface area contributed by atoms with E-state index >= 15 is 0 Å². The number of carbonyl (C=O) groups excluding carboxylic acids is 2. The number of likely N-dealkylation sites (N-methyl/N-ethyl adjacent to an activating group) is 1. The molecule has 1 aromatic carbocycles. The number of ketones is 1. The number of benzene rings is 1. The summed E-state index contributed by atoms with van der Waals surface area (Å²) in [6, 6.07) is 7.44. The molecule has 0 radical (unpaired) electrons. The van der Waals surface area contributed by atoms with Crippen LogP contribution in [0.15, 0.2) is 24.3 Å². The minimum atomic E-state index is -0.101. The summed E-state index contributed by atoms with van der Waals surface area (Å²) in [7, 11) is 3.96. The normalized spacial score (nSPS) is 11.5. The van der Waals surface area contributed by atoms with Crippen molar-refractivity contribution in [2.75, 3.05) is 20.6 Å². The zero-order valence-electron chi connectivity index (χ0n) is 13.7. The Kier molecular flexibility index (Phi) is 6.09. The molecule has 0 saturated heterocycles. The molecule has 0 heterocycles. The first-order valence-electron chi connectivity index (χ1n) is 7.26. The Morgan fingerprint density at radius 1 is 1.10 bits per heavy atom. The summed E-state index contributed by atoms with van der Waals surface area (Å²) < 4.78 is 0. The number of hydrogen-bond acceptors (Lipinski definition) is 3. The van der Waals surface area contributed by atoms with E-state index in [1.807, 2.05) is 45.3 Å². The van der Waals surface area contributed by atoms with E-state index in [4.69, 9.17) is 0 Å². The van der Waals surface area contributed by atoms with E-state index in [0.29, 0.717) is 12.1 Å². The second kappa shape index (κ2) is 7.36. The molecule has 0 saturated carbocycles.